The molecule has 0 aliphatic heterocycles. The maximum absolute atomic E-state index is 11.3. The molecule has 3 aromatic heterocycles. The Balaban J connectivity index is 1.70. The van der Waals surface area contributed by atoms with Crippen molar-refractivity contribution in [2.75, 3.05) is 0 Å². The van der Waals surface area contributed by atoms with Crippen LogP contribution in [-0.2, 0) is 0 Å². The number of H-pyrrole nitrogens is 2. The van der Waals surface area contributed by atoms with Gasteiger partial charge in [0.25, 0.3) is 0 Å². The monoisotopic (exact) mass is 322 g/mol. The number of nitrogens with one attached hydrogen (secondary N) is 2. The van der Waals surface area contributed by atoms with Crippen LogP contribution in [0.15, 0.2) is 58.2 Å². The maximum atomic E-state index is 11.3. The summed E-state index contributed by atoms with van der Waals surface area (Å²) in [5.74, 6) is 1.68. The summed E-state index contributed by atoms with van der Waals surface area (Å²) in [6.45, 7) is 1.91. The Bertz CT molecular complexity index is 1010. The van der Waals surface area contributed by atoms with E-state index in [2.05, 4.69) is 25.1 Å². The normalized spacial score (nSPS) is 12.4. The molecule has 3 heterocycles. The van der Waals surface area contributed by atoms with Gasteiger partial charge in [0, 0.05) is 18.0 Å². The second-order valence-electron chi connectivity index (χ2n) is 5.30. The highest BCUT2D eigenvalue weighted by molar-refractivity contribution is 5.58. The number of benzene rings is 1. The molecule has 0 fully saturated rings. The number of imidazole rings is 1. The first-order valence-corrected chi connectivity index (χ1v) is 7.41. The third kappa shape index (κ3) is 2.43. The standard InChI is InChI=1S/C16H14N6O2/c1-10(13-19-16(23)21-20-13)22-8-7-17-14(22)12-9-24-15(18-12)11-5-3-2-4-6-11/h2-10H,1H3,(H2,19,20,21,23)/t10-/m1/s1. The van der Waals surface area contributed by atoms with E-state index in [4.69, 9.17) is 4.42 Å². The highest BCUT2D eigenvalue weighted by atomic mass is 16.3. The second-order valence-corrected chi connectivity index (χ2v) is 5.30. The van der Waals surface area contributed by atoms with Crippen LogP contribution in [-0.4, -0.2) is 29.7 Å². The molecular formula is C16H14N6O2. The smallest absolute Gasteiger partial charge is 0.340 e. The number of hydrogen-bond acceptors (Lipinski definition) is 5. The average molecular weight is 322 g/mol. The van der Waals surface area contributed by atoms with Gasteiger partial charge in [-0.05, 0) is 19.1 Å². The largest absolute Gasteiger partial charge is 0.444 e. The summed E-state index contributed by atoms with van der Waals surface area (Å²) in [7, 11) is 0. The fourth-order valence-electron chi connectivity index (χ4n) is 2.53. The Morgan fingerprint density at radius 2 is 2.08 bits per heavy atom. The van der Waals surface area contributed by atoms with Crippen LogP contribution in [0.25, 0.3) is 23.0 Å². The molecule has 0 aliphatic rings. The molecule has 0 aliphatic carbocycles. The van der Waals surface area contributed by atoms with Gasteiger partial charge in [-0.1, -0.05) is 18.2 Å². The van der Waals surface area contributed by atoms with Crippen LogP contribution in [0, 0.1) is 0 Å². The van der Waals surface area contributed by atoms with Gasteiger partial charge in [-0.25, -0.2) is 19.9 Å². The van der Waals surface area contributed by atoms with Crippen molar-refractivity contribution in [1.82, 2.24) is 29.7 Å². The Hall–Kier alpha value is -3.42. The van der Waals surface area contributed by atoms with Gasteiger partial charge in [0.15, 0.2) is 11.6 Å². The molecule has 0 bridgehead atoms. The fourth-order valence-corrected chi connectivity index (χ4v) is 2.53. The molecule has 8 heteroatoms. The molecule has 0 saturated heterocycles. The molecule has 0 saturated carbocycles. The van der Waals surface area contributed by atoms with Gasteiger partial charge in [0.05, 0.1) is 6.04 Å². The van der Waals surface area contributed by atoms with Crippen molar-refractivity contribution < 1.29 is 4.42 Å². The summed E-state index contributed by atoms with van der Waals surface area (Å²) in [6, 6.07) is 9.44. The summed E-state index contributed by atoms with van der Waals surface area (Å²) in [4.78, 5) is 22.8. The van der Waals surface area contributed by atoms with E-state index >= 15 is 0 Å². The Morgan fingerprint density at radius 1 is 1.25 bits per heavy atom. The lowest BCUT2D eigenvalue weighted by Gasteiger charge is -2.12. The van der Waals surface area contributed by atoms with Crippen LogP contribution < -0.4 is 5.69 Å². The number of aromatic nitrogens is 6. The van der Waals surface area contributed by atoms with Crippen molar-refractivity contribution >= 4 is 0 Å². The molecule has 8 nitrogen and oxygen atoms in total. The number of oxazole rings is 1. The first-order valence-electron chi connectivity index (χ1n) is 7.41. The molecule has 1 atom stereocenters. The predicted molar refractivity (Wildman–Crippen MR) is 86.2 cm³/mol. The summed E-state index contributed by atoms with van der Waals surface area (Å²) in [5.41, 5.74) is 1.17. The molecule has 4 aromatic rings. The summed E-state index contributed by atoms with van der Waals surface area (Å²) in [5, 5.41) is 6.34. The number of aromatic amines is 2. The maximum Gasteiger partial charge on any atom is 0.340 e. The number of nitrogens with zero attached hydrogens (tertiary/aromatic N) is 4. The minimum absolute atomic E-state index is 0.210. The summed E-state index contributed by atoms with van der Waals surface area (Å²) < 4.78 is 7.45. The third-order valence-corrected chi connectivity index (χ3v) is 3.76. The Labute approximate surface area is 136 Å². The zero-order valence-corrected chi connectivity index (χ0v) is 12.8. The van der Waals surface area contributed by atoms with Crippen molar-refractivity contribution in [2.24, 2.45) is 0 Å². The summed E-state index contributed by atoms with van der Waals surface area (Å²) >= 11 is 0. The quantitative estimate of drug-likeness (QED) is 0.599. The van der Waals surface area contributed by atoms with Crippen LogP contribution in [0.1, 0.15) is 18.8 Å². The number of hydrogen-bond donors (Lipinski definition) is 2. The van der Waals surface area contributed by atoms with E-state index in [0.29, 0.717) is 23.2 Å². The molecular weight excluding hydrogens is 308 g/mol. The fraction of sp³-hybridized carbons (Fsp3) is 0.125. The molecule has 0 amide bonds. The summed E-state index contributed by atoms with van der Waals surface area (Å²) in [6.07, 6.45) is 5.05. The molecule has 0 spiro atoms. The van der Waals surface area contributed by atoms with Gasteiger partial charge in [-0.15, -0.1) is 0 Å². The molecule has 1 aromatic carbocycles. The van der Waals surface area contributed by atoms with Crippen LogP contribution >= 0.6 is 0 Å². The van der Waals surface area contributed by atoms with Gasteiger partial charge in [0.1, 0.15) is 12.0 Å². The average Bonchev–Trinajstić information content (AvgIpc) is 3.34. The SMILES string of the molecule is C[C@H](c1n[nH]c(=O)[nH]1)n1ccnc1-c1coc(-c2ccccc2)n1. The molecule has 0 unspecified atom stereocenters. The van der Waals surface area contributed by atoms with E-state index in [9.17, 15) is 4.79 Å². The van der Waals surface area contributed by atoms with Crippen molar-refractivity contribution in [2.45, 2.75) is 13.0 Å². The van der Waals surface area contributed by atoms with Crippen LogP contribution in [0.3, 0.4) is 0 Å². The first-order chi connectivity index (χ1) is 11.7. The van der Waals surface area contributed by atoms with Crippen molar-refractivity contribution in [1.29, 1.82) is 0 Å². The highest BCUT2D eigenvalue weighted by Crippen LogP contribution is 2.26. The van der Waals surface area contributed by atoms with Gasteiger partial charge in [-0.3, -0.25) is 4.98 Å². The zero-order valence-electron chi connectivity index (χ0n) is 12.8. The molecule has 2 N–H and O–H groups in total. The molecule has 4 rings (SSSR count). The van der Waals surface area contributed by atoms with E-state index in [0.717, 1.165) is 5.56 Å². The van der Waals surface area contributed by atoms with E-state index in [1.54, 1.807) is 12.5 Å². The zero-order chi connectivity index (χ0) is 16.5. The molecule has 0 radical (unpaired) electrons. The predicted octanol–water partition coefficient (Wildman–Crippen LogP) is 2.23. The minimum Gasteiger partial charge on any atom is -0.444 e. The van der Waals surface area contributed by atoms with Crippen LogP contribution in [0.5, 0.6) is 0 Å². The first kappa shape index (κ1) is 14.2. The Kier molecular flexibility index (Phi) is 3.34. The minimum atomic E-state index is -0.341. The van der Waals surface area contributed by atoms with Gasteiger partial charge in [0.2, 0.25) is 5.89 Å². The van der Waals surface area contributed by atoms with Gasteiger partial charge < -0.3 is 8.98 Å². The van der Waals surface area contributed by atoms with E-state index < -0.39 is 0 Å². The molecule has 24 heavy (non-hydrogen) atoms. The second kappa shape index (κ2) is 5.65. The third-order valence-electron chi connectivity index (χ3n) is 3.76. The van der Waals surface area contributed by atoms with E-state index in [-0.39, 0.29) is 11.7 Å². The lowest BCUT2D eigenvalue weighted by atomic mass is 10.2. The Morgan fingerprint density at radius 3 is 2.83 bits per heavy atom. The lowest BCUT2D eigenvalue weighted by Crippen LogP contribution is -2.10. The van der Waals surface area contributed by atoms with Crippen molar-refractivity contribution in [3.05, 3.63) is 65.3 Å². The topological polar surface area (TPSA) is 105 Å². The van der Waals surface area contributed by atoms with Crippen molar-refractivity contribution in [3.63, 3.8) is 0 Å². The molecule has 120 valence electrons. The van der Waals surface area contributed by atoms with Crippen LogP contribution in [0.4, 0.5) is 0 Å². The van der Waals surface area contributed by atoms with E-state index in [1.165, 1.54) is 0 Å². The highest BCUT2D eigenvalue weighted by Gasteiger charge is 2.19. The van der Waals surface area contributed by atoms with Gasteiger partial charge >= 0.3 is 5.69 Å². The van der Waals surface area contributed by atoms with Crippen LogP contribution in [0.2, 0.25) is 0 Å². The number of rotatable bonds is 4. The van der Waals surface area contributed by atoms with Gasteiger partial charge in [-0.2, -0.15) is 5.10 Å². The van der Waals surface area contributed by atoms with Crippen molar-refractivity contribution in [3.8, 4) is 23.0 Å². The lowest BCUT2D eigenvalue weighted by molar-refractivity contribution is 0.573. The van der Waals surface area contributed by atoms with E-state index in [1.807, 2.05) is 48.0 Å².